The van der Waals surface area contributed by atoms with Crippen LogP contribution in [0, 0.1) is 0 Å². The first kappa shape index (κ1) is 7.98. The van der Waals surface area contributed by atoms with Crippen molar-refractivity contribution in [1.82, 2.24) is 9.55 Å². The summed E-state index contributed by atoms with van der Waals surface area (Å²) >= 11 is 0. The van der Waals surface area contributed by atoms with Crippen LogP contribution in [0.25, 0.3) is 0 Å². The Morgan fingerprint density at radius 2 is 2.45 bits per heavy atom. The van der Waals surface area contributed by atoms with Crippen LogP contribution >= 0.6 is 0 Å². The molecule has 0 fully saturated rings. The first-order valence-electron chi connectivity index (χ1n) is 3.77. The van der Waals surface area contributed by atoms with E-state index in [1.807, 2.05) is 10.8 Å². The Balaban J connectivity index is 2.87. The molecule has 0 aliphatic heterocycles. The minimum absolute atomic E-state index is 0.0310. The van der Waals surface area contributed by atoms with Crippen LogP contribution in [0.3, 0.4) is 0 Å². The number of aromatic nitrogens is 2. The molecular weight excluding hydrogens is 140 g/mol. The lowest BCUT2D eigenvalue weighted by Gasteiger charge is -2.01. The highest BCUT2D eigenvalue weighted by Gasteiger charge is 2.05. The van der Waals surface area contributed by atoms with Gasteiger partial charge in [0.2, 0.25) is 0 Å². The number of hydrogen-bond acceptors (Lipinski definition) is 2. The molecule has 0 saturated heterocycles. The third-order valence-electron chi connectivity index (χ3n) is 1.49. The topological polar surface area (TPSA) is 34.9 Å². The smallest absolute Gasteiger partial charge is 0.195 e. The molecule has 0 radical (unpaired) electrons. The number of rotatable bonds is 3. The van der Waals surface area contributed by atoms with Crippen molar-refractivity contribution in [2.45, 2.75) is 26.8 Å². The van der Waals surface area contributed by atoms with E-state index < -0.39 is 0 Å². The number of carbonyl (C=O) groups is 1. The normalized spacial score (nSPS) is 10.0. The summed E-state index contributed by atoms with van der Waals surface area (Å²) in [4.78, 5) is 14.9. The lowest BCUT2D eigenvalue weighted by atomic mass is 10.4. The molecule has 0 bridgehead atoms. The summed E-state index contributed by atoms with van der Waals surface area (Å²) < 4.78 is 1.88. The molecule has 0 amide bonds. The SMILES string of the molecule is CCCn1ccnc1C(C)=O. The third kappa shape index (κ3) is 1.67. The maximum atomic E-state index is 10.9. The molecule has 1 aromatic heterocycles. The van der Waals surface area contributed by atoms with Gasteiger partial charge in [-0.15, -0.1) is 0 Å². The summed E-state index contributed by atoms with van der Waals surface area (Å²) in [6, 6.07) is 0. The molecule has 0 saturated carbocycles. The van der Waals surface area contributed by atoms with Crippen molar-refractivity contribution >= 4 is 5.78 Å². The third-order valence-corrected chi connectivity index (χ3v) is 1.49. The van der Waals surface area contributed by atoms with Gasteiger partial charge in [-0.3, -0.25) is 4.79 Å². The molecule has 1 aromatic rings. The maximum absolute atomic E-state index is 10.9. The van der Waals surface area contributed by atoms with Gasteiger partial charge in [-0.2, -0.15) is 0 Å². The molecule has 0 aliphatic carbocycles. The molecule has 0 atom stereocenters. The number of nitrogens with zero attached hydrogens (tertiary/aromatic N) is 2. The number of aryl methyl sites for hydroxylation is 1. The van der Waals surface area contributed by atoms with E-state index in [0.717, 1.165) is 13.0 Å². The minimum atomic E-state index is 0.0310. The largest absolute Gasteiger partial charge is 0.329 e. The summed E-state index contributed by atoms with van der Waals surface area (Å²) in [5.41, 5.74) is 0. The first-order chi connectivity index (χ1) is 5.25. The summed E-state index contributed by atoms with van der Waals surface area (Å²) in [5, 5.41) is 0. The van der Waals surface area contributed by atoms with Crippen molar-refractivity contribution in [2.24, 2.45) is 0 Å². The highest BCUT2D eigenvalue weighted by atomic mass is 16.1. The number of imidazole rings is 1. The van der Waals surface area contributed by atoms with Crippen LogP contribution in [-0.2, 0) is 6.54 Å². The molecule has 1 rings (SSSR count). The Labute approximate surface area is 66.1 Å². The molecule has 0 aromatic carbocycles. The standard InChI is InChI=1S/C8H12N2O/c1-3-5-10-6-4-9-8(10)7(2)11/h4,6H,3,5H2,1-2H3. The zero-order valence-corrected chi connectivity index (χ0v) is 6.87. The Morgan fingerprint density at radius 3 is 3.00 bits per heavy atom. The van der Waals surface area contributed by atoms with Gasteiger partial charge in [-0.25, -0.2) is 4.98 Å². The molecule has 0 N–H and O–H groups in total. The predicted molar refractivity (Wildman–Crippen MR) is 42.5 cm³/mol. The van der Waals surface area contributed by atoms with Gasteiger partial charge in [0.25, 0.3) is 0 Å². The lowest BCUT2D eigenvalue weighted by Crippen LogP contribution is -2.06. The fraction of sp³-hybridized carbons (Fsp3) is 0.500. The molecular formula is C8H12N2O. The zero-order valence-electron chi connectivity index (χ0n) is 6.87. The lowest BCUT2D eigenvalue weighted by molar-refractivity contribution is 0.0999. The monoisotopic (exact) mass is 152 g/mol. The van der Waals surface area contributed by atoms with Crippen LogP contribution in [0.15, 0.2) is 12.4 Å². The number of Topliss-reactive ketones (excluding diaryl/α,β-unsaturated/α-hetero) is 1. The molecule has 3 heteroatoms. The van der Waals surface area contributed by atoms with Gasteiger partial charge in [0.05, 0.1) is 0 Å². The van der Waals surface area contributed by atoms with Gasteiger partial charge in [0, 0.05) is 25.9 Å². The van der Waals surface area contributed by atoms with Crippen molar-refractivity contribution in [3.8, 4) is 0 Å². The van der Waals surface area contributed by atoms with Crippen molar-refractivity contribution in [3.05, 3.63) is 18.2 Å². The van der Waals surface area contributed by atoms with Crippen LogP contribution in [0.4, 0.5) is 0 Å². The van der Waals surface area contributed by atoms with E-state index in [2.05, 4.69) is 11.9 Å². The van der Waals surface area contributed by atoms with E-state index in [4.69, 9.17) is 0 Å². The quantitative estimate of drug-likeness (QED) is 0.615. The van der Waals surface area contributed by atoms with Crippen LogP contribution in [0.2, 0.25) is 0 Å². The predicted octanol–water partition coefficient (Wildman–Crippen LogP) is 1.50. The van der Waals surface area contributed by atoms with E-state index in [9.17, 15) is 4.79 Å². The highest BCUT2D eigenvalue weighted by Crippen LogP contribution is 1.99. The number of hydrogen-bond donors (Lipinski definition) is 0. The van der Waals surface area contributed by atoms with Crippen LogP contribution in [0.1, 0.15) is 30.9 Å². The number of ketones is 1. The Bertz CT molecular complexity index is 252. The minimum Gasteiger partial charge on any atom is -0.329 e. The maximum Gasteiger partial charge on any atom is 0.195 e. The van der Waals surface area contributed by atoms with E-state index >= 15 is 0 Å². The van der Waals surface area contributed by atoms with Gasteiger partial charge < -0.3 is 4.57 Å². The van der Waals surface area contributed by atoms with E-state index in [0.29, 0.717) is 5.82 Å². The molecule has 60 valence electrons. The van der Waals surface area contributed by atoms with Gasteiger partial charge in [-0.05, 0) is 6.42 Å². The number of carbonyl (C=O) groups excluding carboxylic acids is 1. The molecule has 3 nitrogen and oxygen atoms in total. The summed E-state index contributed by atoms with van der Waals surface area (Å²) in [6.45, 7) is 4.48. The summed E-state index contributed by atoms with van der Waals surface area (Å²) in [7, 11) is 0. The average molecular weight is 152 g/mol. The fourth-order valence-electron chi connectivity index (χ4n) is 1.04. The van der Waals surface area contributed by atoms with Gasteiger partial charge >= 0.3 is 0 Å². The van der Waals surface area contributed by atoms with Crippen molar-refractivity contribution in [1.29, 1.82) is 0 Å². The second kappa shape index (κ2) is 3.32. The highest BCUT2D eigenvalue weighted by molar-refractivity contribution is 5.90. The van der Waals surface area contributed by atoms with Crippen molar-refractivity contribution in [2.75, 3.05) is 0 Å². The molecule has 0 unspecified atom stereocenters. The average Bonchev–Trinajstić information content (AvgIpc) is 2.36. The fourth-order valence-corrected chi connectivity index (χ4v) is 1.04. The van der Waals surface area contributed by atoms with Gasteiger partial charge in [0.15, 0.2) is 11.6 Å². The molecule has 0 spiro atoms. The van der Waals surface area contributed by atoms with Gasteiger partial charge in [0.1, 0.15) is 0 Å². The van der Waals surface area contributed by atoms with Crippen molar-refractivity contribution < 1.29 is 4.79 Å². The van der Waals surface area contributed by atoms with Crippen LogP contribution < -0.4 is 0 Å². The Hall–Kier alpha value is -1.12. The summed E-state index contributed by atoms with van der Waals surface area (Å²) in [5.74, 6) is 0.593. The van der Waals surface area contributed by atoms with Crippen LogP contribution in [0.5, 0.6) is 0 Å². The second-order valence-corrected chi connectivity index (χ2v) is 2.50. The van der Waals surface area contributed by atoms with E-state index in [1.165, 1.54) is 6.92 Å². The molecule has 11 heavy (non-hydrogen) atoms. The first-order valence-corrected chi connectivity index (χ1v) is 3.77. The Morgan fingerprint density at radius 1 is 1.73 bits per heavy atom. The van der Waals surface area contributed by atoms with Gasteiger partial charge in [-0.1, -0.05) is 6.92 Å². The van der Waals surface area contributed by atoms with E-state index in [1.54, 1.807) is 6.20 Å². The zero-order chi connectivity index (χ0) is 8.27. The Kier molecular flexibility index (Phi) is 2.41. The van der Waals surface area contributed by atoms with Crippen LogP contribution in [-0.4, -0.2) is 15.3 Å². The second-order valence-electron chi connectivity index (χ2n) is 2.50. The van der Waals surface area contributed by atoms with Crippen molar-refractivity contribution in [3.63, 3.8) is 0 Å². The molecule has 1 heterocycles. The summed E-state index contributed by atoms with van der Waals surface area (Å²) in [6.07, 6.45) is 4.52. The van der Waals surface area contributed by atoms with E-state index in [-0.39, 0.29) is 5.78 Å². The molecule has 0 aliphatic rings.